The minimum Gasteiger partial charge on any atom is -0.372 e. The third-order valence-corrected chi connectivity index (χ3v) is 9.45. The monoisotopic (exact) mass is 486 g/mol. The van der Waals surface area contributed by atoms with E-state index in [2.05, 4.69) is 15.1 Å². The van der Waals surface area contributed by atoms with Crippen LogP contribution in [0.15, 0.2) is 22.9 Å². The second-order valence-corrected chi connectivity index (χ2v) is 12.3. The molecule has 0 aromatic carbocycles. The maximum absolute atomic E-state index is 14.4. The number of hydrogen-bond donors (Lipinski definition) is 1. The highest BCUT2D eigenvalue weighted by atomic mass is 35.5. The maximum Gasteiger partial charge on any atom is 0.320 e. The van der Waals surface area contributed by atoms with Crippen molar-refractivity contribution in [1.29, 1.82) is 0 Å². The smallest absolute Gasteiger partial charge is 0.320 e. The number of H-pyrrole nitrogens is 1. The molecule has 6 aliphatic rings. The Bertz CT molecular complexity index is 1050. The molecule has 1 aromatic rings. The van der Waals surface area contributed by atoms with E-state index in [4.69, 9.17) is 16.6 Å². The van der Waals surface area contributed by atoms with Crippen LogP contribution in [0.1, 0.15) is 68.4 Å². The first-order chi connectivity index (χ1) is 16.4. The third-order valence-electron chi connectivity index (χ3n) is 9.17. The molecule has 0 radical (unpaired) electrons. The van der Waals surface area contributed by atoms with Crippen molar-refractivity contribution in [2.24, 2.45) is 10.8 Å². The number of carbonyl (C=O) groups is 1. The van der Waals surface area contributed by atoms with Crippen LogP contribution in [0, 0.1) is 10.8 Å². The molecule has 3 aliphatic carbocycles. The summed E-state index contributed by atoms with van der Waals surface area (Å²) in [5.41, 5.74) is 1.28. The van der Waals surface area contributed by atoms with Gasteiger partial charge >= 0.3 is 6.03 Å². The highest BCUT2D eigenvalue weighted by Gasteiger charge is 2.57. The summed E-state index contributed by atoms with van der Waals surface area (Å²) in [5, 5.41) is 8.17. The number of aromatic nitrogens is 3. The van der Waals surface area contributed by atoms with Gasteiger partial charge in [0.25, 0.3) is 0 Å². The van der Waals surface area contributed by atoms with Gasteiger partial charge in [0.15, 0.2) is 5.82 Å². The Morgan fingerprint density at radius 3 is 2.35 bits per heavy atom. The van der Waals surface area contributed by atoms with Crippen LogP contribution in [-0.4, -0.2) is 81.4 Å². The molecule has 1 unspecified atom stereocenters. The molecule has 2 amide bonds. The van der Waals surface area contributed by atoms with Gasteiger partial charge in [-0.2, -0.15) is 5.10 Å². The van der Waals surface area contributed by atoms with Crippen LogP contribution < -0.4 is 0 Å². The van der Waals surface area contributed by atoms with Crippen LogP contribution in [0.3, 0.4) is 0 Å². The predicted molar refractivity (Wildman–Crippen MR) is 126 cm³/mol. The van der Waals surface area contributed by atoms with Crippen LogP contribution in [0.2, 0.25) is 0 Å². The maximum atomic E-state index is 14.4. The summed E-state index contributed by atoms with van der Waals surface area (Å²) in [5.74, 6) is 3.11. The molecule has 7 nitrogen and oxygen atoms in total. The fourth-order valence-electron chi connectivity index (χ4n) is 6.92. The molecule has 5 fully saturated rings. The van der Waals surface area contributed by atoms with Crippen LogP contribution in [0.4, 0.5) is 9.18 Å². The SMILES string of the molecule is O=C(N1CC2(CCN(C3=CC=C(Cl)CC3F)CC2)C1)N1CC2(CC(c3n[nH]c(C4CC4)n3)C2)C1. The summed E-state index contributed by atoms with van der Waals surface area (Å²) < 4.78 is 14.4. The number of nitrogens with zero attached hydrogens (tertiary/aromatic N) is 5. The molecule has 7 rings (SSSR count). The van der Waals surface area contributed by atoms with Gasteiger partial charge in [-0.25, -0.2) is 14.2 Å². The lowest BCUT2D eigenvalue weighted by Crippen LogP contribution is -2.70. The summed E-state index contributed by atoms with van der Waals surface area (Å²) in [6, 6.07) is 0.203. The fraction of sp³-hybridized carbons (Fsp3) is 0.720. The van der Waals surface area contributed by atoms with Gasteiger partial charge in [-0.05, 0) is 50.7 Å². The van der Waals surface area contributed by atoms with Crippen molar-refractivity contribution in [3.8, 4) is 0 Å². The summed E-state index contributed by atoms with van der Waals surface area (Å²) in [7, 11) is 0. The van der Waals surface area contributed by atoms with E-state index in [0.717, 1.165) is 82.3 Å². The fourth-order valence-corrected chi connectivity index (χ4v) is 7.12. The normalized spacial score (nSPS) is 29.9. The first kappa shape index (κ1) is 21.2. The van der Waals surface area contributed by atoms with Crippen LogP contribution >= 0.6 is 11.6 Å². The minimum atomic E-state index is -1.00. The van der Waals surface area contributed by atoms with Gasteiger partial charge in [0.2, 0.25) is 0 Å². The summed E-state index contributed by atoms with van der Waals surface area (Å²) in [6.07, 6.45) is 9.65. The van der Waals surface area contributed by atoms with Crippen molar-refractivity contribution in [3.63, 3.8) is 0 Å². The summed E-state index contributed by atoms with van der Waals surface area (Å²) in [4.78, 5) is 24.0. The van der Waals surface area contributed by atoms with E-state index in [0.29, 0.717) is 22.3 Å². The zero-order chi connectivity index (χ0) is 23.1. The minimum absolute atomic E-state index is 0.203. The van der Waals surface area contributed by atoms with Crippen LogP contribution in [0.5, 0.6) is 0 Å². The van der Waals surface area contributed by atoms with E-state index in [-0.39, 0.29) is 17.9 Å². The van der Waals surface area contributed by atoms with Crippen molar-refractivity contribution in [3.05, 3.63) is 34.5 Å². The lowest BCUT2D eigenvalue weighted by molar-refractivity contribution is -0.0786. The van der Waals surface area contributed by atoms with E-state index in [1.807, 2.05) is 22.0 Å². The average Bonchev–Trinajstić information content (AvgIpc) is 3.48. The highest BCUT2D eigenvalue weighted by molar-refractivity contribution is 6.29. The number of likely N-dealkylation sites (tertiary alicyclic amines) is 3. The van der Waals surface area contributed by atoms with Gasteiger partial charge in [-0.3, -0.25) is 5.10 Å². The first-order valence-corrected chi connectivity index (χ1v) is 13.2. The molecule has 1 N–H and O–H groups in total. The number of hydrogen-bond acceptors (Lipinski definition) is 4. The molecule has 34 heavy (non-hydrogen) atoms. The number of amides is 2. The third kappa shape index (κ3) is 3.47. The molecular weight excluding hydrogens is 455 g/mol. The van der Waals surface area contributed by atoms with Gasteiger partial charge < -0.3 is 14.7 Å². The van der Waals surface area contributed by atoms with Crippen LogP contribution in [-0.2, 0) is 0 Å². The molecule has 2 spiro atoms. The Morgan fingerprint density at radius 2 is 1.71 bits per heavy atom. The lowest BCUT2D eigenvalue weighted by atomic mass is 9.57. The number of rotatable bonds is 3. The van der Waals surface area contributed by atoms with Crippen molar-refractivity contribution in [1.82, 2.24) is 29.9 Å². The van der Waals surface area contributed by atoms with Gasteiger partial charge in [-0.15, -0.1) is 0 Å². The van der Waals surface area contributed by atoms with E-state index >= 15 is 0 Å². The van der Waals surface area contributed by atoms with E-state index in [1.54, 1.807) is 0 Å². The Balaban J connectivity index is 0.870. The number of aromatic amines is 1. The Hall–Kier alpha value is -2.09. The summed E-state index contributed by atoms with van der Waals surface area (Å²) >= 11 is 5.97. The van der Waals surface area contributed by atoms with Crippen molar-refractivity contribution < 1.29 is 9.18 Å². The molecule has 1 atom stereocenters. The van der Waals surface area contributed by atoms with Gasteiger partial charge in [0.05, 0.1) is 0 Å². The standard InChI is InChI=1S/C25H32ClFN6O/c26-18-3-4-20(19(27)9-18)31-7-5-24(6-8-31)12-32(13-24)23(34)33-14-25(15-33)10-17(11-25)22-28-21(29-30-22)16-1-2-16/h3-4,16-17,19H,1-2,5-15H2,(H,28,29,30). The van der Waals surface area contributed by atoms with E-state index < -0.39 is 6.17 Å². The second kappa shape index (κ2) is 7.45. The van der Waals surface area contributed by atoms with Gasteiger partial charge in [0, 0.05) is 79.1 Å². The molecule has 2 saturated carbocycles. The number of halogens is 2. The number of allylic oxidation sites excluding steroid dienone is 4. The van der Waals surface area contributed by atoms with Crippen molar-refractivity contribution >= 4 is 17.6 Å². The van der Waals surface area contributed by atoms with Crippen molar-refractivity contribution in [2.75, 3.05) is 39.3 Å². The number of nitrogens with one attached hydrogen (secondary N) is 1. The van der Waals surface area contributed by atoms with Gasteiger partial charge in [0.1, 0.15) is 12.0 Å². The predicted octanol–water partition coefficient (Wildman–Crippen LogP) is 4.13. The van der Waals surface area contributed by atoms with Crippen LogP contribution in [0.25, 0.3) is 0 Å². The molecule has 0 bridgehead atoms. The van der Waals surface area contributed by atoms with Crippen molar-refractivity contribution in [2.45, 2.75) is 63.0 Å². The number of urea groups is 1. The van der Waals surface area contributed by atoms with E-state index in [1.165, 1.54) is 12.8 Å². The Kier molecular flexibility index (Phi) is 4.65. The molecule has 3 saturated heterocycles. The molecule has 1 aromatic heterocycles. The topological polar surface area (TPSA) is 68.4 Å². The largest absolute Gasteiger partial charge is 0.372 e. The highest BCUT2D eigenvalue weighted by Crippen LogP contribution is 2.56. The molecule has 182 valence electrons. The Morgan fingerprint density at radius 1 is 1.03 bits per heavy atom. The van der Waals surface area contributed by atoms with Gasteiger partial charge in [-0.1, -0.05) is 11.6 Å². The molecule has 9 heteroatoms. The molecule has 4 heterocycles. The zero-order valence-corrected chi connectivity index (χ0v) is 20.2. The zero-order valence-electron chi connectivity index (χ0n) is 19.5. The van der Waals surface area contributed by atoms with E-state index in [9.17, 15) is 9.18 Å². The molecular formula is C25H32ClFN6O. The second-order valence-electron chi connectivity index (χ2n) is 11.8. The number of alkyl halides is 1. The Labute approximate surface area is 204 Å². The number of carbonyl (C=O) groups excluding carboxylic acids is 1. The number of piperidine rings is 1. The summed E-state index contributed by atoms with van der Waals surface area (Å²) in [6.45, 7) is 5.16. The average molecular weight is 487 g/mol. The first-order valence-electron chi connectivity index (χ1n) is 12.8. The molecule has 3 aliphatic heterocycles. The lowest BCUT2D eigenvalue weighted by Gasteiger charge is -2.61. The quantitative estimate of drug-likeness (QED) is 0.697.